The van der Waals surface area contributed by atoms with Crippen molar-refractivity contribution in [2.45, 2.75) is 42.8 Å². The molecule has 0 saturated heterocycles. The monoisotopic (exact) mass is 299 g/mol. The van der Waals surface area contributed by atoms with Crippen LogP contribution in [0, 0.1) is 12.3 Å². The zero-order valence-corrected chi connectivity index (χ0v) is 12.7. The van der Waals surface area contributed by atoms with E-state index in [1.165, 1.54) is 30.2 Å². The summed E-state index contributed by atoms with van der Waals surface area (Å²) in [6.07, 6.45) is 6.10. The third-order valence-electron chi connectivity index (χ3n) is 3.52. The first-order valence-electron chi connectivity index (χ1n) is 6.98. The van der Waals surface area contributed by atoms with Crippen LogP contribution in [0.2, 0.25) is 0 Å². The van der Waals surface area contributed by atoms with Crippen LogP contribution in [-0.4, -0.2) is 20.8 Å². The van der Waals surface area contributed by atoms with E-state index in [2.05, 4.69) is 9.97 Å². The molecule has 2 aromatic heterocycles. The van der Waals surface area contributed by atoms with Gasteiger partial charge in [0.15, 0.2) is 5.16 Å². The number of nitrogens with one attached hydrogen (secondary N) is 1. The maximum absolute atomic E-state index is 7.79. The lowest BCUT2D eigenvalue weighted by atomic mass is 9.95. The van der Waals surface area contributed by atoms with Crippen molar-refractivity contribution in [1.82, 2.24) is 15.0 Å². The molecule has 0 atom stereocenters. The molecule has 0 radical (unpaired) electrons. The summed E-state index contributed by atoms with van der Waals surface area (Å²) in [5.74, 6) is 0.0472. The van der Waals surface area contributed by atoms with Gasteiger partial charge in [0.25, 0.3) is 0 Å². The summed E-state index contributed by atoms with van der Waals surface area (Å²) < 4.78 is 0. The van der Waals surface area contributed by atoms with Crippen molar-refractivity contribution in [1.29, 1.82) is 5.41 Å². The lowest BCUT2D eigenvalue weighted by Gasteiger charge is -2.17. The van der Waals surface area contributed by atoms with Crippen LogP contribution in [0.5, 0.6) is 0 Å². The molecule has 5 nitrogen and oxygen atoms in total. The standard InChI is InChI=1S/C15H17N5S/c1-9-6-7-18-15(19-9)21-14-11(13(16)17)8-10-4-2-3-5-12(10)20-14/h6-8H,2-5H2,1H3,(H3,16,17). The van der Waals surface area contributed by atoms with E-state index in [1.807, 2.05) is 19.1 Å². The normalized spacial score (nSPS) is 13.8. The highest BCUT2D eigenvalue weighted by Crippen LogP contribution is 2.30. The van der Waals surface area contributed by atoms with Crippen molar-refractivity contribution in [3.63, 3.8) is 0 Å². The molecular formula is C15H17N5S. The molecule has 3 N–H and O–H groups in total. The number of aromatic nitrogens is 3. The highest BCUT2D eigenvalue weighted by Gasteiger charge is 2.18. The summed E-state index contributed by atoms with van der Waals surface area (Å²) in [6.45, 7) is 1.93. The number of fused-ring (bicyclic) bond motifs is 1. The predicted molar refractivity (Wildman–Crippen MR) is 82.8 cm³/mol. The molecule has 1 aliphatic rings. The summed E-state index contributed by atoms with van der Waals surface area (Å²) in [7, 11) is 0. The molecule has 1 aliphatic carbocycles. The summed E-state index contributed by atoms with van der Waals surface area (Å²) in [4.78, 5) is 13.4. The number of nitrogen functional groups attached to an aromatic ring is 1. The Kier molecular flexibility index (Phi) is 3.88. The summed E-state index contributed by atoms with van der Waals surface area (Å²) >= 11 is 1.38. The average Bonchev–Trinajstić information content (AvgIpc) is 2.46. The van der Waals surface area contributed by atoms with E-state index in [0.29, 0.717) is 10.7 Å². The molecule has 0 unspecified atom stereocenters. The zero-order valence-electron chi connectivity index (χ0n) is 11.9. The quantitative estimate of drug-likeness (QED) is 0.516. The highest BCUT2D eigenvalue weighted by molar-refractivity contribution is 7.99. The lowest BCUT2D eigenvalue weighted by Crippen LogP contribution is -2.16. The molecule has 2 heterocycles. The van der Waals surface area contributed by atoms with E-state index in [9.17, 15) is 0 Å². The van der Waals surface area contributed by atoms with E-state index >= 15 is 0 Å². The molecule has 0 spiro atoms. The van der Waals surface area contributed by atoms with Crippen LogP contribution in [0.15, 0.2) is 28.5 Å². The molecule has 0 bridgehead atoms. The maximum Gasteiger partial charge on any atom is 0.194 e. The number of aryl methyl sites for hydroxylation is 3. The second-order valence-corrected chi connectivity index (χ2v) is 6.11. The second kappa shape index (κ2) is 5.81. The Hall–Kier alpha value is -1.95. The van der Waals surface area contributed by atoms with Gasteiger partial charge in [0.05, 0.1) is 0 Å². The molecule has 3 rings (SSSR count). The fourth-order valence-corrected chi connectivity index (χ4v) is 3.36. The minimum atomic E-state index is 0.0472. The van der Waals surface area contributed by atoms with Crippen molar-refractivity contribution in [2.24, 2.45) is 5.73 Å². The Morgan fingerprint density at radius 3 is 2.86 bits per heavy atom. The van der Waals surface area contributed by atoms with Gasteiger partial charge < -0.3 is 5.73 Å². The molecule has 2 aromatic rings. The SMILES string of the molecule is Cc1ccnc(Sc2nc3c(cc2C(=N)N)CCCC3)n1. The summed E-state index contributed by atoms with van der Waals surface area (Å²) in [5.41, 5.74) is 9.67. The van der Waals surface area contributed by atoms with E-state index in [1.54, 1.807) is 6.20 Å². The first-order chi connectivity index (χ1) is 10.1. The van der Waals surface area contributed by atoms with Crippen molar-refractivity contribution in [2.75, 3.05) is 0 Å². The number of nitrogens with zero attached hydrogens (tertiary/aromatic N) is 3. The topological polar surface area (TPSA) is 88.5 Å². The third kappa shape index (κ3) is 3.05. The zero-order chi connectivity index (χ0) is 14.8. The number of hydrogen-bond donors (Lipinski definition) is 2. The minimum Gasteiger partial charge on any atom is -0.384 e. The Bertz CT molecular complexity index is 698. The largest absolute Gasteiger partial charge is 0.384 e. The van der Waals surface area contributed by atoms with Crippen LogP contribution in [-0.2, 0) is 12.8 Å². The Morgan fingerprint density at radius 1 is 1.29 bits per heavy atom. The van der Waals surface area contributed by atoms with Gasteiger partial charge in [-0.2, -0.15) is 0 Å². The van der Waals surface area contributed by atoms with Gasteiger partial charge in [-0.3, -0.25) is 5.41 Å². The lowest BCUT2D eigenvalue weighted by molar-refractivity contribution is 0.660. The predicted octanol–water partition coefficient (Wildman–Crippen LogP) is 2.49. The molecule has 0 saturated carbocycles. The van der Waals surface area contributed by atoms with Crippen LogP contribution in [0.4, 0.5) is 0 Å². The van der Waals surface area contributed by atoms with Crippen LogP contribution in [0.1, 0.15) is 35.4 Å². The Balaban J connectivity index is 2.01. The Labute approximate surface area is 127 Å². The van der Waals surface area contributed by atoms with Crippen LogP contribution in [0.3, 0.4) is 0 Å². The van der Waals surface area contributed by atoms with Gasteiger partial charge in [-0.1, -0.05) is 0 Å². The van der Waals surface area contributed by atoms with Gasteiger partial charge in [-0.15, -0.1) is 0 Å². The fraction of sp³-hybridized carbons (Fsp3) is 0.333. The van der Waals surface area contributed by atoms with Crippen molar-refractivity contribution in [3.8, 4) is 0 Å². The molecule has 6 heteroatoms. The van der Waals surface area contributed by atoms with Gasteiger partial charge in [-0.25, -0.2) is 15.0 Å². The van der Waals surface area contributed by atoms with Crippen molar-refractivity contribution >= 4 is 17.6 Å². The molecule has 0 fully saturated rings. The number of pyridine rings is 1. The van der Waals surface area contributed by atoms with Gasteiger partial charge in [-0.05, 0) is 62.1 Å². The summed E-state index contributed by atoms with van der Waals surface area (Å²) in [5, 5.41) is 9.16. The maximum atomic E-state index is 7.79. The number of nitrogens with two attached hydrogens (primary N) is 1. The van der Waals surface area contributed by atoms with Gasteiger partial charge in [0.1, 0.15) is 10.9 Å². The van der Waals surface area contributed by atoms with Gasteiger partial charge in [0.2, 0.25) is 0 Å². The molecule has 0 aliphatic heterocycles. The van der Waals surface area contributed by atoms with E-state index in [0.717, 1.165) is 29.3 Å². The van der Waals surface area contributed by atoms with E-state index in [-0.39, 0.29) is 5.84 Å². The molecular weight excluding hydrogens is 282 g/mol. The smallest absolute Gasteiger partial charge is 0.194 e. The third-order valence-corrected chi connectivity index (χ3v) is 4.40. The van der Waals surface area contributed by atoms with Crippen molar-refractivity contribution < 1.29 is 0 Å². The van der Waals surface area contributed by atoms with Gasteiger partial charge in [0, 0.05) is 23.1 Å². The fourth-order valence-electron chi connectivity index (χ4n) is 2.45. The first kappa shape index (κ1) is 14.0. The molecule has 0 amide bonds. The number of hydrogen-bond acceptors (Lipinski definition) is 5. The van der Waals surface area contributed by atoms with E-state index in [4.69, 9.17) is 16.1 Å². The molecule has 108 valence electrons. The van der Waals surface area contributed by atoms with E-state index < -0.39 is 0 Å². The number of amidine groups is 1. The second-order valence-electron chi connectivity index (χ2n) is 5.15. The van der Waals surface area contributed by atoms with Gasteiger partial charge >= 0.3 is 0 Å². The molecule has 0 aromatic carbocycles. The average molecular weight is 299 g/mol. The first-order valence-corrected chi connectivity index (χ1v) is 7.80. The Morgan fingerprint density at radius 2 is 2.10 bits per heavy atom. The molecule has 21 heavy (non-hydrogen) atoms. The minimum absolute atomic E-state index is 0.0472. The highest BCUT2D eigenvalue weighted by atomic mass is 32.2. The van der Waals surface area contributed by atoms with Crippen LogP contribution >= 0.6 is 11.8 Å². The summed E-state index contributed by atoms with van der Waals surface area (Å²) in [6, 6.07) is 3.87. The number of rotatable bonds is 3. The van der Waals surface area contributed by atoms with Crippen molar-refractivity contribution in [3.05, 3.63) is 40.8 Å². The van der Waals surface area contributed by atoms with Crippen LogP contribution in [0.25, 0.3) is 0 Å². The van der Waals surface area contributed by atoms with Crippen LogP contribution < -0.4 is 5.73 Å².